The number of nitrogens with zero attached hydrogens (tertiary/aromatic N) is 1. The van der Waals surface area contributed by atoms with Gasteiger partial charge in [-0.15, -0.1) is 0 Å². The Balaban J connectivity index is 3.07. The molecule has 1 aromatic rings. The highest BCUT2D eigenvalue weighted by atomic mass is 32.2. The number of benzene rings is 1. The minimum Gasteiger partial charge on any atom is -0.480 e. The zero-order chi connectivity index (χ0) is 13.1. The lowest BCUT2D eigenvalue weighted by Crippen LogP contribution is -2.17. The molecule has 0 radical (unpaired) electrons. The zero-order valence-corrected chi connectivity index (χ0v) is 9.37. The van der Waals surface area contributed by atoms with Crippen LogP contribution in [0.5, 0.6) is 0 Å². The van der Waals surface area contributed by atoms with Gasteiger partial charge in [0.25, 0.3) is 0 Å². The highest BCUT2D eigenvalue weighted by Crippen LogP contribution is 2.14. The first kappa shape index (κ1) is 13.1. The van der Waals surface area contributed by atoms with E-state index in [1.807, 2.05) is 0 Å². The minimum atomic E-state index is -3.90. The van der Waals surface area contributed by atoms with Gasteiger partial charge in [0.2, 0.25) is 0 Å². The van der Waals surface area contributed by atoms with Gasteiger partial charge >= 0.3 is 5.97 Å². The van der Waals surface area contributed by atoms with Crippen molar-refractivity contribution in [3.63, 3.8) is 0 Å². The first-order valence-corrected chi connectivity index (χ1v) is 6.27. The third kappa shape index (κ3) is 3.85. The molecule has 5 nitrogen and oxygen atoms in total. The summed E-state index contributed by atoms with van der Waals surface area (Å²) in [4.78, 5) is 10.3. The number of aliphatic carboxylic acids is 1. The Hall–Kier alpha value is -1.94. The number of carboxylic acids is 1. The fourth-order valence-corrected chi connectivity index (χ4v) is 2.46. The molecule has 0 aliphatic heterocycles. The number of carbonyl (C=O) groups is 1. The van der Waals surface area contributed by atoms with Gasteiger partial charge in [0.1, 0.15) is 11.6 Å². The highest BCUT2D eigenvalue weighted by molar-refractivity contribution is 7.91. The quantitative estimate of drug-likeness (QED) is 0.856. The summed E-state index contributed by atoms with van der Waals surface area (Å²) in [6.45, 7) is 0. The van der Waals surface area contributed by atoms with Crippen molar-refractivity contribution in [2.24, 2.45) is 0 Å². The second kappa shape index (κ2) is 4.93. The molecular formula is C10H8FNO4S. The summed E-state index contributed by atoms with van der Waals surface area (Å²) in [5.74, 6) is -3.88. The van der Waals surface area contributed by atoms with Crippen molar-refractivity contribution < 1.29 is 22.7 Å². The van der Waals surface area contributed by atoms with Gasteiger partial charge in [0.05, 0.1) is 17.4 Å². The summed E-state index contributed by atoms with van der Waals surface area (Å²) >= 11 is 0. The molecule has 0 unspecified atom stereocenters. The maximum Gasteiger partial charge on any atom is 0.318 e. The molecular weight excluding hydrogens is 249 g/mol. The maximum absolute atomic E-state index is 12.9. The molecule has 1 rings (SSSR count). The molecule has 0 fully saturated rings. The van der Waals surface area contributed by atoms with E-state index >= 15 is 0 Å². The number of hydrogen-bond acceptors (Lipinski definition) is 4. The molecule has 0 saturated carbocycles. The van der Waals surface area contributed by atoms with Crippen molar-refractivity contribution in [3.05, 3.63) is 35.1 Å². The number of carboxylic acid groups (broad SMARTS) is 1. The standard InChI is InChI=1S/C10H8FNO4S/c11-9-2-1-7(4-12)8(3-9)5-17(15,16)6-10(13)14/h1-3H,5-6H2,(H,13,14). The smallest absolute Gasteiger partial charge is 0.318 e. The monoisotopic (exact) mass is 257 g/mol. The van der Waals surface area contributed by atoms with Crippen LogP contribution in [0.4, 0.5) is 4.39 Å². The molecule has 0 atom stereocenters. The molecule has 0 heterocycles. The van der Waals surface area contributed by atoms with E-state index in [2.05, 4.69) is 0 Å². The fourth-order valence-electron chi connectivity index (χ4n) is 1.27. The lowest BCUT2D eigenvalue weighted by Gasteiger charge is -2.04. The Bertz CT molecular complexity index is 589. The van der Waals surface area contributed by atoms with Crippen LogP contribution in [0.3, 0.4) is 0 Å². The van der Waals surface area contributed by atoms with Crippen LogP contribution in [0.1, 0.15) is 11.1 Å². The van der Waals surface area contributed by atoms with Crippen LogP contribution in [0, 0.1) is 17.1 Å². The Kier molecular flexibility index (Phi) is 3.81. The molecule has 0 spiro atoms. The topological polar surface area (TPSA) is 95.2 Å². The van der Waals surface area contributed by atoms with Crippen molar-refractivity contribution in [2.75, 3.05) is 5.75 Å². The molecule has 0 amide bonds. The van der Waals surface area contributed by atoms with E-state index in [1.54, 1.807) is 6.07 Å². The Morgan fingerprint density at radius 1 is 1.47 bits per heavy atom. The van der Waals surface area contributed by atoms with Gasteiger partial charge in [-0.05, 0) is 23.8 Å². The number of hydrogen-bond donors (Lipinski definition) is 1. The molecule has 7 heteroatoms. The normalized spacial score (nSPS) is 10.8. The second-order valence-corrected chi connectivity index (χ2v) is 5.40. The van der Waals surface area contributed by atoms with Crippen LogP contribution in [-0.4, -0.2) is 25.2 Å². The van der Waals surface area contributed by atoms with E-state index < -0.39 is 33.1 Å². The molecule has 90 valence electrons. The SMILES string of the molecule is N#Cc1ccc(F)cc1CS(=O)(=O)CC(=O)O. The van der Waals surface area contributed by atoms with E-state index in [-0.39, 0.29) is 11.1 Å². The van der Waals surface area contributed by atoms with Crippen molar-refractivity contribution in [2.45, 2.75) is 5.75 Å². The minimum absolute atomic E-state index is 0.0142. The van der Waals surface area contributed by atoms with Gasteiger partial charge in [-0.2, -0.15) is 5.26 Å². The van der Waals surface area contributed by atoms with Crippen molar-refractivity contribution in [1.82, 2.24) is 0 Å². The van der Waals surface area contributed by atoms with Gasteiger partial charge in [-0.25, -0.2) is 12.8 Å². The van der Waals surface area contributed by atoms with Crippen molar-refractivity contribution in [3.8, 4) is 6.07 Å². The average molecular weight is 257 g/mol. The zero-order valence-electron chi connectivity index (χ0n) is 8.55. The number of rotatable bonds is 4. The van der Waals surface area contributed by atoms with Crippen LogP contribution < -0.4 is 0 Å². The number of halogens is 1. The maximum atomic E-state index is 12.9. The number of sulfone groups is 1. The molecule has 0 aliphatic carbocycles. The average Bonchev–Trinajstić information content (AvgIpc) is 2.14. The molecule has 0 bridgehead atoms. The lowest BCUT2D eigenvalue weighted by atomic mass is 10.1. The summed E-state index contributed by atoms with van der Waals surface area (Å²) < 4.78 is 35.7. The second-order valence-electron chi connectivity index (χ2n) is 3.34. The van der Waals surface area contributed by atoms with Crippen molar-refractivity contribution >= 4 is 15.8 Å². The van der Waals surface area contributed by atoms with Crippen LogP contribution in [0.25, 0.3) is 0 Å². The number of nitriles is 1. The highest BCUT2D eigenvalue weighted by Gasteiger charge is 2.18. The molecule has 1 aromatic carbocycles. The van der Waals surface area contributed by atoms with E-state index in [9.17, 15) is 17.6 Å². The Morgan fingerprint density at radius 3 is 2.65 bits per heavy atom. The van der Waals surface area contributed by atoms with Gasteiger partial charge < -0.3 is 5.11 Å². The van der Waals surface area contributed by atoms with Crippen molar-refractivity contribution in [1.29, 1.82) is 5.26 Å². The Morgan fingerprint density at radius 2 is 2.12 bits per heavy atom. The largest absolute Gasteiger partial charge is 0.480 e. The first-order chi connectivity index (χ1) is 7.84. The predicted octanol–water partition coefficient (Wildman–Crippen LogP) is 0.697. The molecule has 0 aliphatic rings. The van der Waals surface area contributed by atoms with E-state index in [0.717, 1.165) is 18.2 Å². The summed E-state index contributed by atoms with van der Waals surface area (Å²) in [5, 5.41) is 17.1. The van der Waals surface area contributed by atoms with Gasteiger partial charge in [-0.1, -0.05) is 0 Å². The van der Waals surface area contributed by atoms with E-state index in [4.69, 9.17) is 10.4 Å². The van der Waals surface area contributed by atoms with Crippen LogP contribution in [0.15, 0.2) is 18.2 Å². The Labute approximate surface area is 97.0 Å². The fraction of sp³-hybridized carbons (Fsp3) is 0.200. The summed E-state index contributed by atoms with van der Waals surface area (Å²) in [5.41, 5.74) is -0.0193. The third-order valence-electron chi connectivity index (χ3n) is 1.91. The van der Waals surface area contributed by atoms with Crippen LogP contribution >= 0.6 is 0 Å². The molecule has 0 aromatic heterocycles. The molecule has 0 saturated heterocycles. The predicted molar refractivity (Wildman–Crippen MR) is 56.2 cm³/mol. The van der Waals surface area contributed by atoms with E-state index in [0.29, 0.717) is 0 Å². The summed E-state index contributed by atoms with van der Waals surface area (Å²) in [7, 11) is -3.90. The third-order valence-corrected chi connectivity index (χ3v) is 3.34. The van der Waals surface area contributed by atoms with Crippen LogP contribution in [0.2, 0.25) is 0 Å². The molecule has 17 heavy (non-hydrogen) atoms. The van der Waals surface area contributed by atoms with E-state index in [1.165, 1.54) is 0 Å². The van der Waals surface area contributed by atoms with Crippen LogP contribution in [-0.2, 0) is 20.4 Å². The molecule has 1 N–H and O–H groups in total. The summed E-state index contributed by atoms with van der Waals surface area (Å²) in [6, 6.07) is 4.82. The van der Waals surface area contributed by atoms with Gasteiger partial charge in [0, 0.05) is 0 Å². The van der Waals surface area contributed by atoms with Gasteiger partial charge in [0.15, 0.2) is 9.84 Å². The van der Waals surface area contributed by atoms with Gasteiger partial charge in [-0.3, -0.25) is 4.79 Å². The first-order valence-electron chi connectivity index (χ1n) is 4.45. The summed E-state index contributed by atoms with van der Waals surface area (Å²) in [6.07, 6.45) is 0. The lowest BCUT2D eigenvalue weighted by molar-refractivity contribution is -0.134.